The summed E-state index contributed by atoms with van der Waals surface area (Å²) in [6, 6.07) is 0. The first kappa shape index (κ1) is 50.3. The molecule has 0 aliphatic heterocycles. The third-order valence-electron chi connectivity index (χ3n) is 9.13. The van der Waals surface area contributed by atoms with Crippen molar-refractivity contribution in [2.45, 2.75) is 213 Å². The van der Waals surface area contributed by atoms with Crippen molar-refractivity contribution in [2.24, 2.45) is 0 Å². The van der Waals surface area contributed by atoms with Gasteiger partial charge in [-0.1, -0.05) is 159 Å². The van der Waals surface area contributed by atoms with Crippen LogP contribution in [0.1, 0.15) is 206 Å². The Morgan fingerprint density at radius 3 is 1.33 bits per heavy atom. The van der Waals surface area contributed by atoms with Crippen molar-refractivity contribution in [3.8, 4) is 0 Å². The maximum Gasteiger partial charge on any atom is 0.469 e. The summed E-state index contributed by atoms with van der Waals surface area (Å²) in [5.41, 5.74) is 0. The highest BCUT2D eigenvalue weighted by Crippen LogP contribution is 2.36. The van der Waals surface area contributed by atoms with Crippen LogP contribution in [0.3, 0.4) is 0 Å². The Morgan fingerprint density at radius 2 is 0.865 bits per heavy atom. The van der Waals surface area contributed by atoms with E-state index in [1.807, 2.05) is 0 Å². The molecular weight excluding hydrogens is 675 g/mol. The van der Waals surface area contributed by atoms with Crippen molar-refractivity contribution in [3.63, 3.8) is 0 Å². The van der Waals surface area contributed by atoms with Crippen LogP contribution in [0.2, 0.25) is 0 Å². The van der Waals surface area contributed by atoms with Crippen LogP contribution in [0.4, 0.5) is 0 Å². The molecule has 0 bridgehead atoms. The van der Waals surface area contributed by atoms with Gasteiger partial charge in [-0.15, -0.1) is 0 Å². The maximum absolute atomic E-state index is 12.4. The van der Waals surface area contributed by atoms with Crippen molar-refractivity contribution in [3.05, 3.63) is 36.5 Å². The lowest BCUT2D eigenvalue weighted by Gasteiger charge is -2.18. The molecule has 52 heavy (non-hydrogen) atoms. The topological polar surface area (TPSA) is 119 Å². The summed E-state index contributed by atoms with van der Waals surface area (Å²) in [4.78, 5) is 42.9. The molecule has 0 saturated heterocycles. The van der Waals surface area contributed by atoms with Crippen LogP contribution < -0.4 is 0 Å². The summed E-state index contributed by atoms with van der Waals surface area (Å²) in [6.07, 6.45) is 45.7. The van der Waals surface area contributed by atoms with Crippen molar-refractivity contribution in [1.29, 1.82) is 0 Å². The Labute approximate surface area is 319 Å². The fourth-order valence-electron chi connectivity index (χ4n) is 5.93. The summed E-state index contributed by atoms with van der Waals surface area (Å²) >= 11 is 0. The number of hydrogen-bond donors (Lipinski definition) is 2. The number of unbranched alkanes of at least 4 members (excludes halogenated alkanes) is 23. The molecule has 0 rings (SSSR count). The van der Waals surface area contributed by atoms with Gasteiger partial charge in [-0.05, 0) is 70.6 Å². The second kappa shape index (κ2) is 39.0. The van der Waals surface area contributed by atoms with Crippen LogP contribution in [0.5, 0.6) is 0 Å². The summed E-state index contributed by atoms with van der Waals surface area (Å²) in [7, 11) is -4.76. The number of hydrogen-bond acceptors (Lipinski definition) is 6. The third kappa shape index (κ3) is 41.0. The van der Waals surface area contributed by atoms with Gasteiger partial charge in [0, 0.05) is 12.8 Å². The molecule has 1 unspecified atom stereocenters. The molecule has 0 aromatic carbocycles. The molecule has 0 saturated carbocycles. The monoisotopic (exact) mass is 755 g/mol. The minimum absolute atomic E-state index is 0.203. The highest BCUT2D eigenvalue weighted by Gasteiger charge is 2.22. The molecule has 0 aliphatic carbocycles. The Balaban J connectivity index is 3.92. The predicted molar refractivity (Wildman–Crippen MR) is 216 cm³/mol. The van der Waals surface area contributed by atoms with Gasteiger partial charge in [0.15, 0.2) is 6.10 Å². The number of allylic oxidation sites excluding steroid dienone is 6. The molecule has 304 valence electrons. The fraction of sp³-hybridized carbons (Fsp3) is 0.814. The molecule has 0 aromatic heterocycles. The first-order valence-electron chi connectivity index (χ1n) is 21.3. The first-order chi connectivity index (χ1) is 25.3. The standard InChI is InChI=1S/C43H79O8P/c1-3-5-7-9-11-13-15-17-19-21-23-25-27-29-31-33-35-37-42(44)49-39-41(40-50-52(46,47)48)51-43(45)38-36-34-32-30-28-26-24-22-20-18-16-14-12-10-8-6-4-2/h12,14,17-20,41H,3-11,13,15-16,21-40H2,1-2H3,(H2,46,47,48)/b14-12-,19-17-,20-18-. The summed E-state index contributed by atoms with van der Waals surface area (Å²) in [6.45, 7) is 3.66. The van der Waals surface area contributed by atoms with Crippen molar-refractivity contribution in [2.75, 3.05) is 13.2 Å². The normalized spacial score (nSPS) is 12.8. The first-order valence-corrected chi connectivity index (χ1v) is 22.8. The number of phosphoric ester groups is 1. The molecular formula is C43H79O8P. The van der Waals surface area contributed by atoms with Gasteiger partial charge in [0.2, 0.25) is 0 Å². The van der Waals surface area contributed by atoms with Crippen LogP contribution in [-0.2, 0) is 28.2 Å². The van der Waals surface area contributed by atoms with Gasteiger partial charge < -0.3 is 19.3 Å². The minimum atomic E-state index is -4.76. The molecule has 0 aliphatic rings. The van der Waals surface area contributed by atoms with E-state index in [0.29, 0.717) is 6.42 Å². The van der Waals surface area contributed by atoms with Gasteiger partial charge >= 0.3 is 19.8 Å². The second-order valence-corrected chi connectivity index (χ2v) is 15.5. The zero-order valence-electron chi connectivity index (χ0n) is 33.5. The van der Waals surface area contributed by atoms with E-state index < -0.39 is 32.5 Å². The van der Waals surface area contributed by atoms with Gasteiger partial charge in [-0.3, -0.25) is 14.1 Å². The number of esters is 2. The van der Waals surface area contributed by atoms with Crippen molar-refractivity contribution in [1.82, 2.24) is 0 Å². The lowest BCUT2D eigenvalue weighted by molar-refractivity contribution is -0.161. The van der Waals surface area contributed by atoms with E-state index in [2.05, 4.69) is 54.8 Å². The van der Waals surface area contributed by atoms with Crippen LogP contribution >= 0.6 is 7.82 Å². The number of ether oxygens (including phenoxy) is 2. The zero-order valence-corrected chi connectivity index (χ0v) is 34.4. The fourth-order valence-corrected chi connectivity index (χ4v) is 6.29. The van der Waals surface area contributed by atoms with Crippen molar-refractivity contribution >= 4 is 19.8 Å². The molecule has 0 amide bonds. The molecule has 0 heterocycles. The van der Waals surface area contributed by atoms with Gasteiger partial charge in [-0.25, -0.2) is 4.57 Å². The number of rotatable bonds is 39. The van der Waals surface area contributed by atoms with Crippen LogP contribution in [0, 0.1) is 0 Å². The van der Waals surface area contributed by atoms with E-state index >= 15 is 0 Å². The third-order valence-corrected chi connectivity index (χ3v) is 9.62. The highest BCUT2D eigenvalue weighted by molar-refractivity contribution is 7.46. The zero-order chi connectivity index (χ0) is 38.2. The molecule has 8 nitrogen and oxygen atoms in total. The summed E-state index contributed by atoms with van der Waals surface area (Å²) in [5.74, 6) is -0.895. The number of carbonyl (C=O) groups is 2. The Hall–Kier alpha value is -1.73. The molecule has 2 N–H and O–H groups in total. The maximum atomic E-state index is 12.4. The van der Waals surface area contributed by atoms with Crippen LogP contribution in [0.15, 0.2) is 36.5 Å². The number of phosphoric acid groups is 1. The molecule has 0 radical (unpaired) electrons. The van der Waals surface area contributed by atoms with E-state index in [-0.39, 0.29) is 19.4 Å². The minimum Gasteiger partial charge on any atom is -0.462 e. The average Bonchev–Trinajstić information content (AvgIpc) is 3.11. The second-order valence-electron chi connectivity index (χ2n) is 14.3. The van der Waals surface area contributed by atoms with E-state index in [9.17, 15) is 14.2 Å². The van der Waals surface area contributed by atoms with Crippen molar-refractivity contribution < 1.29 is 37.9 Å². The summed E-state index contributed by atoms with van der Waals surface area (Å²) < 4.78 is 26.4. The van der Waals surface area contributed by atoms with Gasteiger partial charge in [0.1, 0.15) is 6.61 Å². The molecule has 0 aromatic rings. The van der Waals surface area contributed by atoms with E-state index in [0.717, 1.165) is 64.2 Å². The molecule has 0 spiro atoms. The number of carbonyl (C=O) groups excluding carboxylic acids is 2. The highest BCUT2D eigenvalue weighted by atomic mass is 31.2. The van der Waals surface area contributed by atoms with Crippen LogP contribution in [-0.4, -0.2) is 41.0 Å². The molecule has 0 fully saturated rings. The molecule has 9 heteroatoms. The Kier molecular flexibility index (Phi) is 37.7. The Bertz CT molecular complexity index is 941. The van der Waals surface area contributed by atoms with Gasteiger partial charge in [-0.2, -0.15) is 0 Å². The van der Waals surface area contributed by atoms with E-state index in [1.165, 1.54) is 109 Å². The predicted octanol–water partition coefficient (Wildman–Crippen LogP) is 13.0. The SMILES string of the molecule is CCCCC/C=C\C/C=C\CCCCCCCCCC(=O)OC(COC(=O)CCCCCCCCC/C=C\CCCCCCCC)COP(=O)(O)O. The van der Waals surface area contributed by atoms with E-state index in [1.54, 1.807) is 0 Å². The smallest absolute Gasteiger partial charge is 0.462 e. The van der Waals surface area contributed by atoms with Crippen LogP contribution in [0.25, 0.3) is 0 Å². The lowest BCUT2D eigenvalue weighted by atomic mass is 10.1. The van der Waals surface area contributed by atoms with Gasteiger partial charge in [0.25, 0.3) is 0 Å². The van der Waals surface area contributed by atoms with Gasteiger partial charge in [0.05, 0.1) is 6.61 Å². The Morgan fingerprint density at radius 1 is 0.500 bits per heavy atom. The molecule has 1 atom stereocenters. The average molecular weight is 755 g/mol. The summed E-state index contributed by atoms with van der Waals surface area (Å²) in [5, 5.41) is 0. The largest absolute Gasteiger partial charge is 0.469 e. The quantitative estimate of drug-likeness (QED) is 0.0275. The van der Waals surface area contributed by atoms with E-state index in [4.69, 9.17) is 19.3 Å². The lowest BCUT2D eigenvalue weighted by Crippen LogP contribution is -2.29.